The van der Waals surface area contributed by atoms with Crippen molar-refractivity contribution in [3.63, 3.8) is 0 Å². The molecule has 5 rings (SSSR count). The second kappa shape index (κ2) is 10.6. The summed E-state index contributed by atoms with van der Waals surface area (Å²) in [6, 6.07) is 17.4. The Labute approximate surface area is 237 Å². The summed E-state index contributed by atoms with van der Waals surface area (Å²) in [5, 5.41) is 8.78. The van der Waals surface area contributed by atoms with Crippen molar-refractivity contribution in [2.45, 2.75) is 83.5 Å². The number of benzene rings is 3. The third-order valence-electron chi connectivity index (χ3n) is 8.01. The van der Waals surface area contributed by atoms with Gasteiger partial charge in [0.2, 0.25) is 10.0 Å². The lowest BCUT2D eigenvalue weighted by atomic mass is 9.75. The number of fused-ring (bicyclic) bond motifs is 2. The fraction of sp³-hybridized carbons (Fsp3) is 0.419. The van der Waals surface area contributed by atoms with Crippen LogP contribution in [0.4, 0.5) is 0 Å². The molecule has 0 radical (unpaired) electrons. The van der Waals surface area contributed by atoms with Gasteiger partial charge in [0.05, 0.1) is 12.1 Å². The second-order valence-corrected chi connectivity index (χ2v) is 13.3. The number of nitrogens with zero attached hydrogens (tertiary/aromatic N) is 4. The van der Waals surface area contributed by atoms with Gasteiger partial charge in [-0.2, -0.15) is 4.31 Å². The number of rotatable bonds is 7. The van der Waals surface area contributed by atoms with Crippen molar-refractivity contribution in [2.75, 3.05) is 6.54 Å². The molecule has 8 nitrogen and oxygen atoms in total. The highest BCUT2D eigenvalue weighted by Crippen LogP contribution is 2.39. The zero-order chi connectivity index (χ0) is 28.8. The van der Waals surface area contributed by atoms with Gasteiger partial charge in [-0.05, 0) is 87.1 Å². The number of hydrogen-bond donors (Lipinski definition) is 1. The van der Waals surface area contributed by atoms with Gasteiger partial charge >= 0.3 is 0 Å². The largest absolute Gasteiger partial charge is 0.488 e. The van der Waals surface area contributed by atoms with Gasteiger partial charge in [-0.3, -0.25) is 0 Å². The third kappa shape index (κ3) is 5.02. The molecular formula is C31H39N5O3S. The maximum atomic E-state index is 13.8. The Morgan fingerprint density at radius 1 is 1.10 bits per heavy atom. The minimum atomic E-state index is -3.76. The monoisotopic (exact) mass is 561 g/mol. The van der Waals surface area contributed by atoms with Crippen LogP contribution in [-0.4, -0.2) is 45.9 Å². The molecule has 2 heterocycles. The Morgan fingerprint density at radius 3 is 2.55 bits per heavy atom. The highest BCUT2D eigenvalue weighted by Gasteiger charge is 2.35. The number of aryl methyl sites for hydroxylation is 3. The molecule has 9 heteroatoms. The van der Waals surface area contributed by atoms with Crippen molar-refractivity contribution in [3.8, 4) is 5.75 Å². The summed E-state index contributed by atoms with van der Waals surface area (Å²) >= 11 is 0. The Bertz CT molecular complexity index is 1660. The predicted molar refractivity (Wildman–Crippen MR) is 158 cm³/mol. The van der Waals surface area contributed by atoms with E-state index in [9.17, 15) is 8.42 Å². The van der Waals surface area contributed by atoms with Crippen LogP contribution in [0.2, 0.25) is 0 Å². The topological polar surface area (TPSA) is 103 Å². The summed E-state index contributed by atoms with van der Waals surface area (Å²) < 4.78 is 37.2. The van der Waals surface area contributed by atoms with E-state index in [4.69, 9.17) is 10.5 Å². The zero-order valence-corrected chi connectivity index (χ0v) is 25.0. The lowest BCUT2D eigenvalue weighted by molar-refractivity contribution is 0.168. The molecule has 0 saturated heterocycles. The molecule has 0 bridgehead atoms. The number of ether oxygens (including phenoxy) is 1. The molecule has 1 unspecified atom stereocenters. The molecule has 2 N–H and O–H groups in total. The maximum absolute atomic E-state index is 13.8. The molecule has 0 spiro atoms. The molecule has 0 fully saturated rings. The first kappa shape index (κ1) is 28.3. The molecule has 1 aliphatic heterocycles. The van der Waals surface area contributed by atoms with Crippen LogP contribution in [0.3, 0.4) is 0 Å². The molecule has 3 aromatic carbocycles. The van der Waals surface area contributed by atoms with E-state index in [1.165, 1.54) is 0 Å². The summed E-state index contributed by atoms with van der Waals surface area (Å²) in [5.41, 5.74) is 13.3. The van der Waals surface area contributed by atoms with Crippen LogP contribution in [0.15, 0.2) is 59.5 Å². The molecular weight excluding hydrogens is 522 g/mol. The molecule has 0 aliphatic carbocycles. The summed E-state index contributed by atoms with van der Waals surface area (Å²) in [6.07, 6.45) is 0.469. The Hall–Kier alpha value is -3.27. The minimum Gasteiger partial charge on any atom is -0.488 e. The van der Waals surface area contributed by atoms with Gasteiger partial charge in [0.1, 0.15) is 22.3 Å². The fourth-order valence-corrected chi connectivity index (χ4v) is 7.34. The van der Waals surface area contributed by atoms with E-state index in [-0.39, 0.29) is 30.0 Å². The summed E-state index contributed by atoms with van der Waals surface area (Å²) in [7, 11) is -3.76. The lowest BCUT2D eigenvalue weighted by Crippen LogP contribution is -2.40. The molecule has 0 amide bonds. The van der Waals surface area contributed by atoms with E-state index in [1.54, 1.807) is 28.6 Å². The Kier molecular flexibility index (Phi) is 7.50. The van der Waals surface area contributed by atoms with E-state index in [2.05, 4.69) is 54.5 Å². The normalized spacial score (nSPS) is 18.2. The van der Waals surface area contributed by atoms with E-state index in [1.807, 2.05) is 32.4 Å². The first-order valence-electron chi connectivity index (χ1n) is 13.9. The van der Waals surface area contributed by atoms with E-state index in [0.717, 1.165) is 45.4 Å². The van der Waals surface area contributed by atoms with E-state index >= 15 is 0 Å². The Morgan fingerprint density at radius 2 is 1.85 bits per heavy atom. The predicted octanol–water partition coefficient (Wildman–Crippen LogP) is 5.30. The van der Waals surface area contributed by atoms with Crippen LogP contribution in [0.5, 0.6) is 5.75 Å². The highest BCUT2D eigenvalue weighted by molar-refractivity contribution is 7.89. The van der Waals surface area contributed by atoms with Crippen molar-refractivity contribution >= 4 is 21.1 Å². The number of aromatic nitrogens is 3. The van der Waals surface area contributed by atoms with Crippen molar-refractivity contribution in [3.05, 3.63) is 82.4 Å². The first-order chi connectivity index (χ1) is 19.0. The van der Waals surface area contributed by atoms with Crippen LogP contribution < -0.4 is 10.5 Å². The molecule has 2 atom stereocenters. The zero-order valence-electron chi connectivity index (χ0n) is 24.2. The molecule has 4 aromatic rings. The Balaban J connectivity index is 1.58. The second-order valence-electron chi connectivity index (χ2n) is 11.4. The van der Waals surface area contributed by atoms with Crippen LogP contribution in [0.25, 0.3) is 11.0 Å². The van der Waals surface area contributed by atoms with Crippen LogP contribution in [-0.2, 0) is 23.1 Å². The fourth-order valence-electron chi connectivity index (χ4n) is 5.77. The van der Waals surface area contributed by atoms with Crippen molar-refractivity contribution in [2.24, 2.45) is 5.73 Å². The summed E-state index contributed by atoms with van der Waals surface area (Å²) in [5.74, 6) is 0.273. The number of para-hydroxylation sites is 1. The third-order valence-corrected chi connectivity index (χ3v) is 9.86. The molecule has 212 valence electrons. The van der Waals surface area contributed by atoms with Gasteiger partial charge in [-0.25, -0.2) is 13.1 Å². The summed E-state index contributed by atoms with van der Waals surface area (Å²) in [4.78, 5) is 0.213. The van der Waals surface area contributed by atoms with Gasteiger partial charge in [0, 0.05) is 24.5 Å². The molecule has 0 saturated carbocycles. The van der Waals surface area contributed by atoms with Crippen LogP contribution >= 0.6 is 0 Å². The van der Waals surface area contributed by atoms with Crippen molar-refractivity contribution in [1.82, 2.24) is 19.3 Å². The summed E-state index contributed by atoms with van der Waals surface area (Å²) in [6.45, 7) is 13.5. The van der Waals surface area contributed by atoms with Gasteiger partial charge in [-0.1, -0.05) is 48.5 Å². The molecule has 1 aromatic heterocycles. The van der Waals surface area contributed by atoms with E-state index < -0.39 is 15.6 Å². The first-order valence-corrected chi connectivity index (χ1v) is 15.4. The average molecular weight is 562 g/mol. The number of nitrogens with two attached hydrogens (primary N) is 1. The quantitative estimate of drug-likeness (QED) is 0.329. The van der Waals surface area contributed by atoms with E-state index in [0.29, 0.717) is 12.2 Å². The molecule has 40 heavy (non-hydrogen) atoms. The van der Waals surface area contributed by atoms with Crippen molar-refractivity contribution < 1.29 is 13.2 Å². The molecule has 1 aliphatic rings. The maximum Gasteiger partial charge on any atom is 0.247 e. The van der Waals surface area contributed by atoms with Gasteiger partial charge < -0.3 is 10.5 Å². The van der Waals surface area contributed by atoms with Gasteiger partial charge in [0.25, 0.3) is 0 Å². The highest BCUT2D eigenvalue weighted by atomic mass is 32.2. The minimum absolute atomic E-state index is 0.142. The average Bonchev–Trinajstić information content (AvgIpc) is 3.30. The van der Waals surface area contributed by atoms with Gasteiger partial charge in [-0.15, -0.1) is 5.10 Å². The lowest BCUT2D eigenvalue weighted by Gasteiger charge is -2.33. The standard InChI is InChI=1S/C31H39N5O3S/c1-7-24-19-35(40(37,38)28-12-10-9-11-27(28)39-24)18-23-17-22(14-13-20(23)3)29(31(5,6)32)25-15-16-26-30(21(25)4)33-34-36(26)8-2/h9-17,24,29H,7-8,18-19,32H2,1-6H3/t24?,29-/m0/s1. The smallest absolute Gasteiger partial charge is 0.247 e. The van der Waals surface area contributed by atoms with Gasteiger partial charge in [0.15, 0.2) is 0 Å². The number of hydrogen-bond acceptors (Lipinski definition) is 6. The number of sulfonamides is 1. The van der Waals surface area contributed by atoms with Crippen molar-refractivity contribution in [1.29, 1.82) is 0 Å². The van der Waals surface area contributed by atoms with Crippen LogP contribution in [0.1, 0.15) is 67.9 Å². The van der Waals surface area contributed by atoms with Crippen LogP contribution in [0, 0.1) is 13.8 Å². The SMILES string of the molecule is CCC1CN(Cc2cc([C@@H](c3ccc4c(nnn4CC)c3C)C(C)(C)N)ccc2C)S(=O)(=O)c2ccccc2O1.